The van der Waals surface area contributed by atoms with E-state index in [-0.39, 0.29) is 11.9 Å². The molecule has 2 aromatic carbocycles. The van der Waals surface area contributed by atoms with Crippen LogP contribution in [-0.2, 0) is 21.2 Å². The molecule has 3 aromatic rings. The summed E-state index contributed by atoms with van der Waals surface area (Å²) in [5.41, 5.74) is 2.41. The van der Waals surface area contributed by atoms with Crippen molar-refractivity contribution in [3.8, 4) is 17.2 Å². The number of sulfonamides is 1. The molecule has 0 saturated heterocycles. The standard InChI is InChI=1S/C22H23N3O6S/c1-13-11-17-12-16(7-10-19(17)25(13)32(4,27)28)22(26)30-14(2)20-23-24-21(31-20)15-5-8-18(29-3)9-6-15/h5-10,12-14H,11H2,1-4H3. The summed E-state index contributed by atoms with van der Waals surface area (Å²) in [6, 6.07) is 11.8. The molecular formula is C22H23N3O6S. The van der Waals surface area contributed by atoms with Crippen LogP contribution in [0.15, 0.2) is 46.9 Å². The minimum atomic E-state index is -3.40. The molecule has 4 rings (SSSR count). The maximum atomic E-state index is 12.7. The Labute approximate surface area is 186 Å². The van der Waals surface area contributed by atoms with Crippen molar-refractivity contribution in [1.29, 1.82) is 0 Å². The van der Waals surface area contributed by atoms with Crippen LogP contribution >= 0.6 is 0 Å². The molecule has 0 aliphatic carbocycles. The number of aromatic nitrogens is 2. The van der Waals surface area contributed by atoms with E-state index in [1.54, 1.807) is 56.5 Å². The van der Waals surface area contributed by atoms with Crippen molar-refractivity contribution in [2.24, 2.45) is 0 Å². The number of methoxy groups -OCH3 is 1. The summed E-state index contributed by atoms with van der Waals surface area (Å²) >= 11 is 0. The van der Waals surface area contributed by atoms with Crippen molar-refractivity contribution in [2.45, 2.75) is 32.4 Å². The van der Waals surface area contributed by atoms with Crippen molar-refractivity contribution in [3.63, 3.8) is 0 Å². The van der Waals surface area contributed by atoms with Crippen LogP contribution in [0.4, 0.5) is 5.69 Å². The first-order valence-corrected chi connectivity index (χ1v) is 11.8. The highest BCUT2D eigenvalue weighted by atomic mass is 32.2. The fraction of sp³-hybridized carbons (Fsp3) is 0.318. The van der Waals surface area contributed by atoms with Crippen LogP contribution in [-0.4, -0.2) is 44.0 Å². The summed E-state index contributed by atoms with van der Waals surface area (Å²) in [7, 11) is -1.81. The molecule has 1 aliphatic heterocycles. The molecule has 0 fully saturated rings. The summed E-state index contributed by atoms with van der Waals surface area (Å²) < 4.78 is 41.8. The molecular weight excluding hydrogens is 434 g/mol. The van der Waals surface area contributed by atoms with E-state index in [9.17, 15) is 13.2 Å². The Bertz CT molecular complexity index is 1250. The van der Waals surface area contributed by atoms with Gasteiger partial charge in [0.2, 0.25) is 15.9 Å². The average Bonchev–Trinajstić information content (AvgIpc) is 3.37. The van der Waals surface area contributed by atoms with E-state index in [0.29, 0.717) is 34.9 Å². The molecule has 0 saturated carbocycles. The second-order valence-corrected chi connectivity index (χ2v) is 9.54. The van der Waals surface area contributed by atoms with Crippen LogP contribution in [0.1, 0.15) is 41.8 Å². The Morgan fingerprint density at radius 2 is 1.91 bits per heavy atom. The van der Waals surface area contributed by atoms with Gasteiger partial charge in [0.05, 0.1) is 24.6 Å². The van der Waals surface area contributed by atoms with Gasteiger partial charge in [0, 0.05) is 11.6 Å². The monoisotopic (exact) mass is 457 g/mol. The summed E-state index contributed by atoms with van der Waals surface area (Å²) in [5.74, 6) is 0.620. The van der Waals surface area contributed by atoms with E-state index in [4.69, 9.17) is 13.9 Å². The summed E-state index contributed by atoms with van der Waals surface area (Å²) in [6.07, 6.45) is 0.933. The van der Waals surface area contributed by atoms with E-state index >= 15 is 0 Å². The average molecular weight is 458 g/mol. The molecule has 168 valence electrons. The Kier molecular flexibility index (Phi) is 5.64. The van der Waals surface area contributed by atoms with Crippen LogP contribution in [0.2, 0.25) is 0 Å². The Morgan fingerprint density at radius 1 is 1.19 bits per heavy atom. The molecule has 0 amide bonds. The molecule has 10 heteroatoms. The van der Waals surface area contributed by atoms with E-state index in [1.165, 1.54) is 10.6 Å². The molecule has 0 spiro atoms. The molecule has 2 atom stereocenters. The van der Waals surface area contributed by atoms with Crippen molar-refractivity contribution >= 4 is 21.7 Å². The van der Waals surface area contributed by atoms with Gasteiger partial charge in [0.25, 0.3) is 5.89 Å². The van der Waals surface area contributed by atoms with Gasteiger partial charge in [-0.2, -0.15) is 0 Å². The van der Waals surface area contributed by atoms with E-state index in [2.05, 4.69) is 10.2 Å². The number of hydrogen-bond donors (Lipinski definition) is 0. The fourth-order valence-corrected chi connectivity index (χ4v) is 5.03. The topological polar surface area (TPSA) is 112 Å². The quantitative estimate of drug-likeness (QED) is 0.518. The predicted molar refractivity (Wildman–Crippen MR) is 117 cm³/mol. The van der Waals surface area contributed by atoms with Gasteiger partial charge in [-0.25, -0.2) is 13.2 Å². The number of rotatable bonds is 6. The predicted octanol–water partition coefficient (Wildman–Crippen LogP) is 3.37. The third-order valence-electron chi connectivity index (χ3n) is 5.23. The number of benzene rings is 2. The SMILES string of the molecule is COc1ccc(-c2nnc(C(C)OC(=O)c3ccc4c(c3)CC(C)N4S(C)(=O)=O)o2)cc1. The number of carbonyl (C=O) groups excluding carboxylic acids is 1. The second kappa shape index (κ2) is 8.27. The van der Waals surface area contributed by atoms with Gasteiger partial charge >= 0.3 is 5.97 Å². The summed E-state index contributed by atoms with van der Waals surface area (Å²) in [5, 5.41) is 8.01. The first-order chi connectivity index (χ1) is 15.2. The molecule has 0 N–H and O–H groups in total. The molecule has 2 heterocycles. The number of esters is 1. The molecule has 0 radical (unpaired) electrons. The first kappa shape index (κ1) is 21.8. The smallest absolute Gasteiger partial charge is 0.338 e. The van der Waals surface area contributed by atoms with Gasteiger partial charge in [0.15, 0.2) is 6.10 Å². The minimum Gasteiger partial charge on any atom is -0.497 e. The number of hydrogen-bond acceptors (Lipinski definition) is 8. The number of ether oxygens (including phenoxy) is 2. The van der Waals surface area contributed by atoms with Gasteiger partial charge in [-0.15, -0.1) is 10.2 Å². The molecule has 32 heavy (non-hydrogen) atoms. The number of anilines is 1. The Balaban J connectivity index is 1.48. The van der Waals surface area contributed by atoms with Crippen LogP contribution in [0.25, 0.3) is 11.5 Å². The minimum absolute atomic E-state index is 0.169. The summed E-state index contributed by atoms with van der Waals surface area (Å²) in [4.78, 5) is 12.7. The van der Waals surface area contributed by atoms with Gasteiger partial charge in [-0.3, -0.25) is 4.31 Å². The van der Waals surface area contributed by atoms with Gasteiger partial charge in [0.1, 0.15) is 5.75 Å². The lowest BCUT2D eigenvalue weighted by atomic mass is 10.1. The highest BCUT2D eigenvalue weighted by Gasteiger charge is 2.33. The van der Waals surface area contributed by atoms with Gasteiger partial charge < -0.3 is 13.9 Å². The summed E-state index contributed by atoms with van der Waals surface area (Å²) in [6.45, 7) is 3.47. The van der Waals surface area contributed by atoms with Crippen LogP contribution in [0.5, 0.6) is 5.75 Å². The number of fused-ring (bicyclic) bond motifs is 1. The third-order valence-corrected chi connectivity index (χ3v) is 6.51. The van der Waals surface area contributed by atoms with Crippen LogP contribution in [0.3, 0.4) is 0 Å². The zero-order valence-electron chi connectivity index (χ0n) is 18.1. The molecule has 0 bridgehead atoms. The Morgan fingerprint density at radius 3 is 2.56 bits per heavy atom. The van der Waals surface area contributed by atoms with Crippen molar-refractivity contribution in [1.82, 2.24) is 10.2 Å². The largest absolute Gasteiger partial charge is 0.497 e. The zero-order valence-corrected chi connectivity index (χ0v) is 18.9. The normalized spacial score (nSPS) is 16.5. The Hall–Kier alpha value is -3.40. The molecule has 1 aromatic heterocycles. The van der Waals surface area contributed by atoms with E-state index in [1.807, 2.05) is 6.92 Å². The van der Waals surface area contributed by atoms with Crippen molar-refractivity contribution in [2.75, 3.05) is 17.7 Å². The lowest BCUT2D eigenvalue weighted by Crippen LogP contribution is -2.34. The number of carbonyl (C=O) groups is 1. The zero-order chi connectivity index (χ0) is 23.0. The molecule has 9 nitrogen and oxygen atoms in total. The maximum Gasteiger partial charge on any atom is 0.338 e. The fourth-order valence-electron chi connectivity index (χ4n) is 3.76. The van der Waals surface area contributed by atoms with Gasteiger partial charge in [-0.1, -0.05) is 0 Å². The lowest BCUT2D eigenvalue weighted by Gasteiger charge is -2.21. The van der Waals surface area contributed by atoms with E-state index in [0.717, 1.165) is 5.56 Å². The highest BCUT2D eigenvalue weighted by molar-refractivity contribution is 7.92. The molecule has 1 aliphatic rings. The molecule has 2 unspecified atom stereocenters. The van der Waals surface area contributed by atoms with Crippen LogP contribution in [0, 0.1) is 0 Å². The maximum absolute atomic E-state index is 12.7. The number of nitrogens with zero attached hydrogens (tertiary/aromatic N) is 3. The lowest BCUT2D eigenvalue weighted by molar-refractivity contribution is 0.0280. The van der Waals surface area contributed by atoms with Crippen molar-refractivity contribution in [3.05, 3.63) is 59.5 Å². The van der Waals surface area contributed by atoms with Crippen LogP contribution < -0.4 is 9.04 Å². The van der Waals surface area contributed by atoms with E-state index < -0.39 is 22.1 Å². The van der Waals surface area contributed by atoms with Gasteiger partial charge in [-0.05, 0) is 68.3 Å². The second-order valence-electron chi connectivity index (χ2n) is 7.68. The highest BCUT2D eigenvalue weighted by Crippen LogP contribution is 2.35. The first-order valence-electron chi connectivity index (χ1n) is 9.98. The van der Waals surface area contributed by atoms with Crippen molar-refractivity contribution < 1.29 is 27.1 Å². The third kappa shape index (κ3) is 4.18.